The van der Waals surface area contributed by atoms with Crippen LogP contribution in [0.5, 0.6) is 0 Å². The van der Waals surface area contributed by atoms with Gasteiger partial charge in [-0.3, -0.25) is 10.1 Å². The van der Waals surface area contributed by atoms with E-state index in [1.165, 1.54) is 35.4 Å². The zero-order valence-corrected chi connectivity index (χ0v) is 13.5. The van der Waals surface area contributed by atoms with Crippen LogP contribution in [-0.2, 0) is 16.4 Å². The van der Waals surface area contributed by atoms with Crippen LogP contribution in [0.4, 0.5) is 5.69 Å². The minimum Gasteiger partial charge on any atom is -0.258 e. The van der Waals surface area contributed by atoms with Crippen LogP contribution in [0.2, 0.25) is 0 Å². The lowest BCUT2D eigenvalue weighted by atomic mass is 10.1. The quantitative estimate of drug-likeness (QED) is 0.479. The number of non-ortho nitro benzene ring substituents is 1. The van der Waals surface area contributed by atoms with Gasteiger partial charge >= 0.3 is 0 Å². The molecule has 0 saturated heterocycles. The molecule has 0 spiro atoms. The molecule has 2 rings (SSSR count). The maximum atomic E-state index is 12.1. The minimum absolute atomic E-state index is 0.0265. The highest BCUT2D eigenvalue weighted by Gasteiger charge is 2.15. The van der Waals surface area contributed by atoms with Crippen LogP contribution in [0.15, 0.2) is 53.4 Å². The van der Waals surface area contributed by atoms with Gasteiger partial charge < -0.3 is 0 Å². The van der Waals surface area contributed by atoms with Gasteiger partial charge in [-0.25, -0.2) is 13.1 Å². The Hall–Kier alpha value is -2.25. The van der Waals surface area contributed by atoms with Crippen molar-refractivity contribution in [1.29, 1.82) is 0 Å². The molecule has 0 aromatic heterocycles. The SMILES string of the molecule is Cc1cccc(CCCNS(=O)(=O)c2ccc([N+](=O)[O-])cc2)c1. The van der Waals surface area contributed by atoms with Crippen molar-refractivity contribution >= 4 is 15.7 Å². The summed E-state index contributed by atoms with van der Waals surface area (Å²) in [5.41, 5.74) is 2.21. The highest BCUT2D eigenvalue weighted by atomic mass is 32.2. The van der Waals surface area contributed by atoms with E-state index in [-0.39, 0.29) is 10.6 Å². The van der Waals surface area contributed by atoms with Gasteiger partial charge in [-0.1, -0.05) is 29.8 Å². The molecule has 0 fully saturated rings. The van der Waals surface area contributed by atoms with E-state index in [4.69, 9.17) is 0 Å². The standard InChI is InChI=1S/C16H18N2O4S/c1-13-4-2-5-14(12-13)6-3-11-17-23(21,22)16-9-7-15(8-10-16)18(19)20/h2,4-5,7-10,12,17H,3,6,11H2,1H3. The molecule has 2 aromatic carbocycles. The number of nitro benzene ring substituents is 1. The number of nitro groups is 1. The van der Waals surface area contributed by atoms with Gasteiger partial charge in [0.15, 0.2) is 0 Å². The Morgan fingerprint density at radius 2 is 1.83 bits per heavy atom. The van der Waals surface area contributed by atoms with Crippen molar-refractivity contribution in [3.63, 3.8) is 0 Å². The Balaban J connectivity index is 1.90. The lowest BCUT2D eigenvalue weighted by Gasteiger charge is -2.07. The van der Waals surface area contributed by atoms with Crippen LogP contribution in [0.3, 0.4) is 0 Å². The summed E-state index contributed by atoms with van der Waals surface area (Å²) < 4.78 is 26.7. The lowest BCUT2D eigenvalue weighted by Crippen LogP contribution is -2.25. The number of benzene rings is 2. The molecule has 0 aliphatic rings. The van der Waals surface area contributed by atoms with Crippen LogP contribution in [0.1, 0.15) is 17.5 Å². The molecule has 0 saturated carbocycles. The van der Waals surface area contributed by atoms with Crippen LogP contribution in [0.25, 0.3) is 0 Å². The fourth-order valence-corrected chi connectivity index (χ4v) is 3.27. The van der Waals surface area contributed by atoms with Gasteiger partial charge in [0.25, 0.3) is 5.69 Å². The highest BCUT2D eigenvalue weighted by Crippen LogP contribution is 2.15. The average molecular weight is 334 g/mol. The molecule has 1 N–H and O–H groups in total. The topological polar surface area (TPSA) is 89.3 Å². The largest absolute Gasteiger partial charge is 0.269 e. The average Bonchev–Trinajstić information content (AvgIpc) is 2.52. The summed E-state index contributed by atoms with van der Waals surface area (Å²) in [6.07, 6.45) is 1.46. The van der Waals surface area contributed by atoms with Gasteiger partial charge in [0.05, 0.1) is 9.82 Å². The van der Waals surface area contributed by atoms with Crippen molar-refractivity contribution in [1.82, 2.24) is 4.72 Å². The van der Waals surface area contributed by atoms with E-state index in [0.717, 1.165) is 6.42 Å². The molecule has 23 heavy (non-hydrogen) atoms. The van der Waals surface area contributed by atoms with Crippen molar-refractivity contribution in [2.75, 3.05) is 6.54 Å². The maximum absolute atomic E-state index is 12.1. The molecule has 2 aromatic rings. The van der Waals surface area contributed by atoms with Crippen molar-refractivity contribution in [2.45, 2.75) is 24.7 Å². The van der Waals surface area contributed by atoms with Crippen LogP contribution < -0.4 is 4.72 Å². The van der Waals surface area contributed by atoms with Crippen LogP contribution in [-0.4, -0.2) is 19.9 Å². The molecule has 0 aliphatic carbocycles. The third kappa shape index (κ3) is 4.87. The van der Waals surface area contributed by atoms with Gasteiger partial charge in [-0.2, -0.15) is 0 Å². The van der Waals surface area contributed by atoms with E-state index < -0.39 is 14.9 Å². The lowest BCUT2D eigenvalue weighted by molar-refractivity contribution is -0.384. The van der Waals surface area contributed by atoms with E-state index in [2.05, 4.69) is 10.8 Å². The molecule has 122 valence electrons. The van der Waals surface area contributed by atoms with Crippen molar-refractivity contribution in [3.05, 3.63) is 69.8 Å². The molecule has 0 heterocycles. The van der Waals surface area contributed by atoms with E-state index in [1.54, 1.807) is 0 Å². The molecule has 6 nitrogen and oxygen atoms in total. The number of sulfonamides is 1. The first kappa shape index (κ1) is 17.1. The number of nitrogens with one attached hydrogen (secondary N) is 1. The first-order valence-corrected chi connectivity index (χ1v) is 8.66. The summed E-state index contributed by atoms with van der Waals surface area (Å²) in [6.45, 7) is 2.33. The summed E-state index contributed by atoms with van der Waals surface area (Å²) in [5, 5.41) is 10.6. The molecule has 7 heteroatoms. The summed E-state index contributed by atoms with van der Waals surface area (Å²) in [5.74, 6) is 0. The Bertz CT molecular complexity index is 786. The second-order valence-corrected chi connectivity index (χ2v) is 7.01. The van der Waals surface area contributed by atoms with Crippen LogP contribution >= 0.6 is 0 Å². The number of hydrogen-bond acceptors (Lipinski definition) is 4. The van der Waals surface area contributed by atoms with Gasteiger partial charge in [-0.05, 0) is 37.5 Å². The maximum Gasteiger partial charge on any atom is 0.269 e. The molecule has 0 radical (unpaired) electrons. The van der Waals surface area contributed by atoms with Gasteiger partial charge in [-0.15, -0.1) is 0 Å². The smallest absolute Gasteiger partial charge is 0.258 e. The summed E-state index contributed by atoms with van der Waals surface area (Å²) >= 11 is 0. The number of rotatable bonds is 7. The molecule has 0 bridgehead atoms. The number of nitrogens with zero attached hydrogens (tertiary/aromatic N) is 1. The molecule has 0 unspecified atom stereocenters. The van der Waals surface area contributed by atoms with E-state index in [0.29, 0.717) is 13.0 Å². The highest BCUT2D eigenvalue weighted by molar-refractivity contribution is 7.89. The number of hydrogen-bond donors (Lipinski definition) is 1. The van der Waals surface area contributed by atoms with Crippen molar-refractivity contribution < 1.29 is 13.3 Å². The van der Waals surface area contributed by atoms with Crippen LogP contribution in [0, 0.1) is 17.0 Å². The third-order valence-corrected chi connectivity index (χ3v) is 4.85. The van der Waals surface area contributed by atoms with Gasteiger partial charge in [0.1, 0.15) is 0 Å². The predicted molar refractivity (Wildman–Crippen MR) is 87.8 cm³/mol. The summed E-state index contributed by atoms with van der Waals surface area (Å²) in [4.78, 5) is 10.0. The first-order valence-electron chi connectivity index (χ1n) is 7.18. The van der Waals surface area contributed by atoms with Crippen molar-refractivity contribution in [3.8, 4) is 0 Å². The molecular weight excluding hydrogens is 316 g/mol. The summed E-state index contributed by atoms with van der Waals surface area (Å²) in [7, 11) is -3.64. The molecule has 0 aliphatic heterocycles. The first-order chi connectivity index (χ1) is 10.9. The van der Waals surface area contributed by atoms with E-state index >= 15 is 0 Å². The fourth-order valence-electron chi connectivity index (χ4n) is 2.20. The minimum atomic E-state index is -3.64. The Morgan fingerprint density at radius 1 is 1.13 bits per heavy atom. The molecule has 0 amide bonds. The zero-order valence-electron chi connectivity index (χ0n) is 12.7. The van der Waals surface area contributed by atoms with E-state index in [9.17, 15) is 18.5 Å². The Morgan fingerprint density at radius 3 is 2.43 bits per heavy atom. The van der Waals surface area contributed by atoms with Crippen molar-refractivity contribution in [2.24, 2.45) is 0 Å². The summed E-state index contributed by atoms with van der Waals surface area (Å²) in [6, 6.07) is 12.9. The monoisotopic (exact) mass is 334 g/mol. The molecule has 0 atom stereocenters. The third-order valence-electron chi connectivity index (χ3n) is 3.37. The fraction of sp³-hybridized carbons (Fsp3) is 0.250. The predicted octanol–water partition coefficient (Wildman–Crippen LogP) is 2.81. The number of aryl methyl sites for hydroxylation is 2. The second-order valence-electron chi connectivity index (χ2n) is 5.24. The normalized spacial score (nSPS) is 11.3. The van der Waals surface area contributed by atoms with Gasteiger partial charge in [0.2, 0.25) is 10.0 Å². The zero-order chi connectivity index (χ0) is 16.9. The molecular formula is C16H18N2O4S. The Labute approximate surface area is 135 Å². The van der Waals surface area contributed by atoms with Gasteiger partial charge in [0, 0.05) is 18.7 Å². The second kappa shape index (κ2) is 7.34. The Kier molecular flexibility index (Phi) is 5.46. The van der Waals surface area contributed by atoms with E-state index in [1.807, 2.05) is 25.1 Å².